The molecule has 0 atom stereocenters. The second-order valence-corrected chi connectivity index (χ2v) is 5.00. The van der Waals surface area contributed by atoms with Crippen LogP contribution in [0.4, 0.5) is 5.69 Å². The van der Waals surface area contributed by atoms with E-state index in [4.69, 9.17) is 15.2 Å². The van der Waals surface area contributed by atoms with Crippen molar-refractivity contribution < 1.29 is 14.3 Å². The molecule has 1 heterocycles. The topological polar surface area (TPSA) is 61.6 Å². The van der Waals surface area contributed by atoms with E-state index in [1.54, 1.807) is 12.1 Å². The molecule has 2 aromatic rings. The molecule has 0 amide bonds. The molecule has 1 aliphatic rings. The molecule has 0 fully saturated rings. The van der Waals surface area contributed by atoms with Gasteiger partial charge in [0.25, 0.3) is 0 Å². The highest BCUT2D eigenvalue weighted by Gasteiger charge is 2.20. The number of hydrogen-bond donors (Lipinski definition) is 1. The first-order valence-electron chi connectivity index (χ1n) is 6.37. The highest BCUT2D eigenvalue weighted by molar-refractivity contribution is 6.12. The number of carbonyl (C=O) groups excluding carboxylic acids is 1. The minimum atomic E-state index is -0.104. The van der Waals surface area contributed by atoms with E-state index in [0.29, 0.717) is 28.3 Å². The van der Waals surface area contributed by atoms with Crippen LogP contribution in [0, 0.1) is 13.8 Å². The fourth-order valence-electron chi connectivity index (χ4n) is 2.42. The molecule has 0 saturated carbocycles. The zero-order valence-corrected chi connectivity index (χ0v) is 11.4. The Balaban J connectivity index is 2.06. The zero-order chi connectivity index (χ0) is 14.3. The van der Waals surface area contributed by atoms with Crippen LogP contribution in [0.5, 0.6) is 11.5 Å². The Morgan fingerprint density at radius 3 is 2.25 bits per heavy atom. The van der Waals surface area contributed by atoms with Crippen molar-refractivity contribution in [3.05, 3.63) is 52.6 Å². The maximum absolute atomic E-state index is 12.6. The number of nitrogens with two attached hydrogens (primary N) is 1. The summed E-state index contributed by atoms with van der Waals surface area (Å²) in [5.74, 6) is 1.04. The average molecular weight is 269 g/mol. The van der Waals surface area contributed by atoms with Crippen molar-refractivity contribution in [3.63, 3.8) is 0 Å². The van der Waals surface area contributed by atoms with Gasteiger partial charge in [-0.15, -0.1) is 0 Å². The molecule has 2 aromatic carbocycles. The van der Waals surface area contributed by atoms with Gasteiger partial charge in [0, 0.05) is 22.9 Å². The van der Waals surface area contributed by atoms with Crippen LogP contribution in [0.25, 0.3) is 0 Å². The van der Waals surface area contributed by atoms with Gasteiger partial charge in [0.1, 0.15) is 0 Å². The number of anilines is 1. The maximum atomic E-state index is 12.6. The van der Waals surface area contributed by atoms with E-state index in [0.717, 1.165) is 11.1 Å². The van der Waals surface area contributed by atoms with Crippen molar-refractivity contribution in [2.24, 2.45) is 0 Å². The van der Waals surface area contributed by atoms with E-state index in [2.05, 4.69) is 0 Å². The van der Waals surface area contributed by atoms with Crippen LogP contribution in [0.2, 0.25) is 0 Å². The molecular formula is C16H15NO3. The third-order valence-electron chi connectivity index (χ3n) is 3.27. The average Bonchev–Trinajstić information content (AvgIpc) is 2.82. The summed E-state index contributed by atoms with van der Waals surface area (Å²) in [6.45, 7) is 4.09. The smallest absolute Gasteiger partial charge is 0.231 e. The Labute approximate surface area is 117 Å². The van der Waals surface area contributed by atoms with Crippen molar-refractivity contribution in [2.45, 2.75) is 13.8 Å². The zero-order valence-electron chi connectivity index (χ0n) is 11.4. The number of nitrogen functional groups attached to an aromatic ring is 1. The lowest BCUT2D eigenvalue weighted by molar-refractivity contribution is 0.103. The first-order chi connectivity index (χ1) is 9.54. The third-order valence-corrected chi connectivity index (χ3v) is 3.27. The predicted octanol–water partition coefficient (Wildman–Crippen LogP) is 2.85. The summed E-state index contributed by atoms with van der Waals surface area (Å²) in [6.07, 6.45) is 0. The lowest BCUT2D eigenvalue weighted by Crippen LogP contribution is -2.06. The quantitative estimate of drug-likeness (QED) is 0.672. The van der Waals surface area contributed by atoms with Crippen molar-refractivity contribution in [1.82, 2.24) is 0 Å². The normalized spacial score (nSPS) is 12.5. The minimum absolute atomic E-state index is 0.104. The number of ether oxygens (including phenoxy) is 2. The van der Waals surface area contributed by atoms with Gasteiger partial charge in [-0.2, -0.15) is 0 Å². The molecule has 0 spiro atoms. The highest BCUT2D eigenvalue weighted by atomic mass is 16.7. The molecule has 0 saturated heterocycles. The number of aryl methyl sites for hydroxylation is 2. The summed E-state index contributed by atoms with van der Waals surface area (Å²) in [4.78, 5) is 12.6. The SMILES string of the molecule is Cc1cc(C)cc(C(=O)c2cc3c(cc2N)OCO3)c1. The van der Waals surface area contributed by atoms with Crippen LogP contribution >= 0.6 is 0 Å². The van der Waals surface area contributed by atoms with Crippen LogP contribution in [0.3, 0.4) is 0 Å². The van der Waals surface area contributed by atoms with Gasteiger partial charge in [-0.1, -0.05) is 17.2 Å². The van der Waals surface area contributed by atoms with Gasteiger partial charge in [-0.25, -0.2) is 0 Å². The number of fused-ring (bicyclic) bond motifs is 1. The fraction of sp³-hybridized carbons (Fsp3) is 0.188. The van der Waals surface area contributed by atoms with Crippen LogP contribution in [-0.4, -0.2) is 12.6 Å². The summed E-state index contributed by atoms with van der Waals surface area (Å²) < 4.78 is 10.5. The van der Waals surface area contributed by atoms with Crippen molar-refractivity contribution >= 4 is 11.5 Å². The monoisotopic (exact) mass is 269 g/mol. The van der Waals surface area contributed by atoms with E-state index >= 15 is 0 Å². The number of carbonyl (C=O) groups is 1. The highest BCUT2D eigenvalue weighted by Crippen LogP contribution is 2.36. The van der Waals surface area contributed by atoms with Crippen LogP contribution < -0.4 is 15.2 Å². The summed E-state index contributed by atoms with van der Waals surface area (Å²) in [7, 11) is 0. The van der Waals surface area contributed by atoms with E-state index in [1.807, 2.05) is 32.0 Å². The van der Waals surface area contributed by atoms with E-state index in [1.165, 1.54) is 0 Å². The Kier molecular flexibility index (Phi) is 2.86. The van der Waals surface area contributed by atoms with Gasteiger partial charge in [0.15, 0.2) is 17.3 Å². The van der Waals surface area contributed by atoms with Gasteiger partial charge in [0.2, 0.25) is 6.79 Å². The largest absolute Gasteiger partial charge is 0.454 e. The predicted molar refractivity (Wildman–Crippen MR) is 76.3 cm³/mol. The molecule has 0 aliphatic carbocycles. The Hall–Kier alpha value is -2.49. The molecular weight excluding hydrogens is 254 g/mol. The molecule has 1 aliphatic heterocycles. The number of rotatable bonds is 2. The van der Waals surface area contributed by atoms with Crippen LogP contribution in [-0.2, 0) is 0 Å². The molecule has 0 radical (unpaired) electrons. The lowest BCUT2D eigenvalue weighted by atomic mass is 9.98. The van der Waals surface area contributed by atoms with E-state index < -0.39 is 0 Å². The molecule has 20 heavy (non-hydrogen) atoms. The van der Waals surface area contributed by atoms with Crippen LogP contribution in [0.15, 0.2) is 30.3 Å². The number of ketones is 1. The molecule has 102 valence electrons. The van der Waals surface area contributed by atoms with Crippen molar-refractivity contribution in [1.29, 1.82) is 0 Å². The summed E-state index contributed by atoms with van der Waals surface area (Å²) in [6, 6.07) is 9.04. The molecule has 4 nitrogen and oxygen atoms in total. The maximum Gasteiger partial charge on any atom is 0.231 e. The lowest BCUT2D eigenvalue weighted by Gasteiger charge is -2.08. The first kappa shape index (κ1) is 12.5. The Bertz CT molecular complexity index is 687. The van der Waals surface area contributed by atoms with E-state index in [9.17, 15) is 4.79 Å². The second kappa shape index (κ2) is 4.56. The third kappa shape index (κ3) is 2.09. The van der Waals surface area contributed by atoms with Gasteiger partial charge in [0.05, 0.1) is 0 Å². The standard InChI is InChI=1S/C16H15NO3/c1-9-3-10(2)5-11(4-9)16(18)12-6-14-15(7-13(12)17)20-8-19-14/h3-7H,8,17H2,1-2H3. The summed E-state index contributed by atoms with van der Waals surface area (Å²) in [5, 5.41) is 0. The fourth-order valence-corrected chi connectivity index (χ4v) is 2.42. The molecule has 0 aromatic heterocycles. The summed E-state index contributed by atoms with van der Waals surface area (Å²) >= 11 is 0. The van der Waals surface area contributed by atoms with E-state index in [-0.39, 0.29) is 12.6 Å². The van der Waals surface area contributed by atoms with Gasteiger partial charge in [-0.3, -0.25) is 4.79 Å². The Morgan fingerprint density at radius 2 is 1.60 bits per heavy atom. The first-order valence-corrected chi connectivity index (χ1v) is 6.37. The van der Waals surface area contributed by atoms with Crippen molar-refractivity contribution in [2.75, 3.05) is 12.5 Å². The molecule has 4 heteroatoms. The second-order valence-electron chi connectivity index (χ2n) is 5.00. The van der Waals surface area contributed by atoms with Gasteiger partial charge < -0.3 is 15.2 Å². The van der Waals surface area contributed by atoms with Gasteiger partial charge >= 0.3 is 0 Å². The van der Waals surface area contributed by atoms with Crippen molar-refractivity contribution in [3.8, 4) is 11.5 Å². The summed E-state index contributed by atoms with van der Waals surface area (Å²) in [5.41, 5.74) is 9.53. The number of benzene rings is 2. The Morgan fingerprint density at radius 1 is 1.00 bits per heavy atom. The molecule has 0 unspecified atom stereocenters. The number of hydrogen-bond acceptors (Lipinski definition) is 4. The molecule has 2 N–H and O–H groups in total. The minimum Gasteiger partial charge on any atom is -0.454 e. The molecule has 3 rings (SSSR count). The molecule has 0 bridgehead atoms. The van der Waals surface area contributed by atoms with Gasteiger partial charge in [-0.05, 0) is 32.0 Å². The van der Waals surface area contributed by atoms with Crippen LogP contribution in [0.1, 0.15) is 27.0 Å².